The minimum atomic E-state index is -4.99. The van der Waals surface area contributed by atoms with Gasteiger partial charge in [0.1, 0.15) is 6.61 Å². The van der Waals surface area contributed by atoms with Crippen molar-refractivity contribution in [2.75, 3.05) is 36.5 Å². The Bertz CT molecular complexity index is 827. The van der Waals surface area contributed by atoms with Gasteiger partial charge in [-0.05, 0) is 18.2 Å². The number of primary amides is 1. The first kappa shape index (κ1) is 23.4. The van der Waals surface area contributed by atoms with Gasteiger partial charge in [0.2, 0.25) is 5.91 Å². The van der Waals surface area contributed by atoms with Gasteiger partial charge in [0.15, 0.2) is 6.04 Å². The van der Waals surface area contributed by atoms with Gasteiger partial charge < -0.3 is 20.7 Å². The van der Waals surface area contributed by atoms with Crippen molar-refractivity contribution < 1.29 is 45.5 Å². The summed E-state index contributed by atoms with van der Waals surface area (Å²) in [6.45, 7) is -1.97. The highest BCUT2D eigenvalue weighted by molar-refractivity contribution is 6.10. The summed E-state index contributed by atoms with van der Waals surface area (Å²) in [4.78, 5) is 36.3. The zero-order valence-electron chi connectivity index (χ0n) is 15.1. The number of hydrogen-bond donors (Lipinski definition) is 3. The molecule has 30 heavy (non-hydrogen) atoms. The molecule has 0 radical (unpaired) electrons. The lowest BCUT2D eigenvalue weighted by atomic mass is 10.1. The Balaban J connectivity index is 2.30. The molecule has 0 saturated carbocycles. The molecule has 1 aliphatic rings. The van der Waals surface area contributed by atoms with Gasteiger partial charge in [-0.3, -0.25) is 19.7 Å². The van der Waals surface area contributed by atoms with Crippen molar-refractivity contribution in [1.29, 1.82) is 0 Å². The largest absolute Gasteiger partial charge is 0.418 e. The van der Waals surface area contributed by atoms with Crippen molar-refractivity contribution >= 4 is 29.1 Å². The Labute approximate surface area is 165 Å². The number of halogens is 6. The monoisotopic (exact) mass is 442 g/mol. The Morgan fingerprint density at radius 1 is 1.20 bits per heavy atom. The van der Waals surface area contributed by atoms with Crippen LogP contribution in [0.2, 0.25) is 0 Å². The standard InChI is InChI=1S/C16H16F6N4O4/c17-15(18,19)7-24-12(13(23)28)14(29)25-10-2-1-8(5-9(10)16(20,21)22)26-3-4-30-6-11(26)27/h1-2,5,12,24H,3-4,6-7H2,(H2,23,28)(H,25,29)/t12-/m1/s1. The number of carbonyl (C=O) groups is 3. The number of rotatable bonds is 6. The Kier molecular flexibility index (Phi) is 6.92. The highest BCUT2D eigenvalue weighted by atomic mass is 19.4. The van der Waals surface area contributed by atoms with Crippen LogP contribution in [0, 0.1) is 0 Å². The van der Waals surface area contributed by atoms with E-state index in [0.717, 1.165) is 17.0 Å². The zero-order chi connectivity index (χ0) is 22.7. The van der Waals surface area contributed by atoms with Crippen LogP contribution in [0.3, 0.4) is 0 Å². The van der Waals surface area contributed by atoms with E-state index in [0.29, 0.717) is 6.07 Å². The van der Waals surface area contributed by atoms with Crippen molar-refractivity contribution in [3.63, 3.8) is 0 Å². The summed E-state index contributed by atoms with van der Waals surface area (Å²) in [5.74, 6) is -3.59. The number of morpholine rings is 1. The Hall–Kier alpha value is -2.87. The van der Waals surface area contributed by atoms with Crippen LogP contribution >= 0.6 is 0 Å². The van der Waals surface area contributed by atoms with Crippen molar-refractivity contribution in [2.24, 2.45) is 5.73 Å². The second-order valence-corrected chi connectivity index (χ2v) is 6.15. The third kappa shape index (κ3) is 6.06. The maximum Gasteiger partial charge on any atom is 0.418 e. The van der Waals surface area contributed by atoms with Crippen molar-refractivity contribution in [1.82, 2.24) is 5.32 Å². The topological polar surface area (TPSA) is 114 Å². The fourth-order valence-corrected chi connectivity index (χ4v) is 2.58. The number of anilines is 2. The maximum absolute atomic E-state index is 13.5. The minimum Gasteiger partial charge on any atom is -0.370 e. The Morgan fingerprint density at radius 3 is 2.40 bits per heavy atom. The van der Waals surface area contributed by atoms with Gasteiger partial charge in [-0.1, -0.05) is 0 Å². The molecule has 4 N–H and O–H groups in total. The van der Waals surface area contributed by atoms with Crippen molar-refractivity contribution in [3.05, 3.63) is 23.8 Å². The van der Waals surface area contributed by atoms with Gasteiger partial charge in [0.05, 0.1) is 24.4 Å². The average Bonchev–Trinajstić information content (AvgIpc) is 2.60. The lowest BCUT2D eigenvalue weighted by Crippen LogP contribution is -2.52. The van der Waals surface area contributed by atoms with E-state index in [1.165, 1.54) is 0 Å². The van der Waals surface area contributed by atoms with E-state index < -0.39 is 53.9 Å². The van der Waals surface area contributed by atoms with E-state index in [1.54, 1.807) is 10.6 Å². The molecule has 166 valence electrons. The van der Waals surface area contributed by atoms with E-state index in [4.69, 9.17) is 10.5 Å². The summed E-state index contributed by atoms with van der Waals surface area (Å²) < 4.78 is 82.2. The van der Waals surface area contributed by atoms with Crippen LogP contribution in [0.1, 0.15) is 5.56 Å². The SMILES string of the molecule is NC(=O)[C@@H](NCC(F)(F)F)C(=O)Nc1ccc(N2CCOCC2=O)cc1C(F)(F)F. The second-order valence-electron chi connectivity index (χ2n) is 6.15. The molecule has 14 heteroatoms. The van der Waals surface area contributed by atoms with Crippen LogP contribution in [0.4, 0.5) is 37.7 Å². The van der Waals surface area contributed by atoms with Gasteiger partial charge in [-0.25, -0.2) is 0 Å². The number of ether oxygens (including phenoxy) is 1. The van der Waals surface area contributed by atoms with Crippen LogP contribution in [0.15, 0.2) is 18.2 Å². The number of hydrogen-bond acceptors (Lipinski definition) is 5. The summed E-state index contributed by atoms with van der Waals surface area (Å²) in [5, 5.41) is 3.31. The fraction of sp³-hybridized carbons (Fsp3) is 0.438. The van der Waals surface area contributed by atoms with E-state index in [-0.39, 0.29) is 25.4 Å². The Morgan fingerprint density at radius 2 is 1.87 bits per heavy atom. The third-order valence-corrected chi connectivity index (χ3v) is 3.92. The smallest absolute Gasteiger partial charge is 0.370 e. The number of nitrogens with zero attached hydrogens (tertiary/aromatic N) is 1. The first-order valence-electron chi connectivity index (χ1n) is 8.29. The number of carbonyl (C=O) groups excluding carboxylic acids is 3. The fourth-order valence-electron chi connectivity index (χ4n) is 2.58. The second kappa shape index (κ2) is 8.87. The first-order chi connectivity index (χ1) is 13.8. The zero-order valence-corrected chi connectivity index (χ0v) is 15.1. The highest BCUT2D eigenvalue weighted by Gasteiger charge is 2.37. The molecule has 1 saturated heterocycles. The van der Waals surface area contributed by atoms with E-state index in [1.807, 2.05) is 0 Å². The lowest BCUT2D eigenvalue weighted by Gasteiger charge is -2.28. The van der Waals surface area contributed by atoms with Gasteiger partial charge in [-0.15, -0.1) is 0 Å². The predicted molar refractivity (Wildman–Crippen MR) is 90.3 cm³/mol. The molecule has 0 aromatic heterocycles. The van der Waals surface area contributed by atoms with E-state index in [9.17, 15) is 40.7 Å². The van der Waals surface area contributed by atoms with Crippen LogP contribution < -0.4 is 21.3 Å². The summed E-state index contributed by atoms with van der Waals surface area (Å²) in [6, 6.07) is 0.298. The molecular formula is C16H16F6N4O4. The molecule has 0 spiro atoms. The maximum atomic E-state index is 13.5. The molecule has 8 nitrogen and oxygen atoms in total. The number of nitrogens with one attached hydrogen (secondary N) is 2. The van der Waals surface area contributed by atoms with Gasteiger partial charge in [0, 0.05) is 12.2 Å². The van der Waals surface area contributed by atoms with Crippen LogP contribution in [-0.4, -0.2) is 56.2 Å². The predicted octanol–water partition coefficient (Wildman–Crippen LogP) is 1.01. The molecule has 1 aromatic rings. The molecule has 0 bridgehead atoms. The molecule has 1 aromatic carbocycles. The van der Waals surface area contributed by atoms with Crippen LogP contribution in [0.25, 0.3) is 0 Å². The normalized spacial score (nSPS) is 16.3. The summed E-state index contributed by atoms with van der Waals surface area (Å²) >= 11 is 0. The van der Waals surface area contributed by atoms with Gasteiger partial charge in [-0.2, -0.15) is 26.3 Å². The van der Waals surface area contributed by atoms with Crippen LogP contribution in [0.5, 0.6) is 0 Å². The minimum absolute atomic E-state index is 0.00689. The van der Waals surface area contributed by atoms with Crippen molar-refractivity contribution in [3.8, 4) is 0 Å². The molecule has 1 atom stereocenters. The van der Waals surface area contributed by atoms with Gasteiger partial charge >= 0.3 is 12.4 Å². The molecule has 1 aliphatic heterocycles. The summed E-state index contributed by atoms with van der Waals surface area (Å²) in [6.07, 6.45) is -9.78. The molecule has 0 unspecified atom stereocenters. The van der Waals surface area contributed by atoms with Crippen LogP contribution in [-0.2, 0) is 25.3 Å². The molecule has 2 rings (SSSR count). The number of amides is 3. The molecule has 1 heterocycles. The molecule has 0 aliphatic carbocycles. The third-order valence-electron chi connectivity index (χ3n) is 3.92. The summed E-state index contributed by atoms with van der Waals surface area (Å²) in [5.41, 5.74) is 2.57. The molecule has 3 amide bonds. The number of nitrogens with two attached hydrogens (primary N) is 1. The highest BCUT2D eigenvalue weighted by Crippen LogP contribution is 2.37. The quantitative estimate of drug-likeness (QED) is 0.450. The summed E-state index contributed by atoms with van der Waals surface area (Å²) in [7, 11) is 0. The van der Waals surface area contributed by atoms with Crippen molar-refractivity contribution in [2.45, 2.75) is 18.4 Å². The number of alkyl halides is 6. The molecular weight excluding hydrogens is 426 g/mol. The van der Waals surface area contributed by atoms with Gasteiger partial charge in [0.25, 0.3) is 11.8 Å². The first-order valence-corrected chi connectivity index (χ1v) is 8.29. The lowest BCUT2D eigenvalue weighted by molar-refractivity contribution is -0.137. The average molecular weight is 442 g/mol. The molecule has 1 fully saturated rings. The number of benzene rings is 1. The van der Waals surface area contributed by atoms with E-state index >= 15 is 0 Å². The van der Waals surface area contributed by atoms with E-state index in [2.05, 4.69) is 0 Å².